The van der Waals surface area contributed by atoms with Crippen molar-refractivity contribution in [1.82, 2.24) is 0 Å². The van der Waals surface area contributed by atoms with Gasteiger partial charge in [0.25, 0.3) is 0 Å². The Balaban J connectivity index is 2.62. The highest BCUT2D eigenvalue weighted by molar-refractivity contribution is 5.83. The predicted octanol–water partition coefficient (Wildman–Crippen LogP) is 2.91. The molecule has 1 fully saturated rings. The molecule has 0 heterocycles. The Kier molecular flexibility index (Phi) is 3.69. The molecule has 1 aliphatic rings. The van der Waals surface area contributed by atoms with Gasteiger partial charge in [-0.2, -0.15) is 0 Å². The number of carboxylic acids is 1. The van der Waals surface area contributed by atoms with E-state index >= 15 is 0 Å². The number of hydrogen-bond donors (Lipinski definition) is 1. The predicted molar refractivity (Wildman–Crippen MR) is 72.1 cm³/mol. The van der Waals surface area contributed by atoms with E-state index in [-0.39, 0.29) is 0 Å². The van der Waals surface area contributed by atoms with E-state index in [1.165, 1.54) is 0 Å². The minimum atomic E-state index is -0.786. The molecule has 0 spiro atoms. The van der Waals surface area contributed by atoms with Gasteiger partial charge < -0.3 is 14.6 Å². The quantitative estimate of drug-likeness (QED) is 0.908. The number of carboxylic acid groups (broad SMARTS) is 1. The fourth-order valence-corrected chi connectivity index (χ4v) is 3.07. The lowest BCUT2D eigenvalue weighted by Crippen LogP contribution is -2.33. The van der Waals surface area contributed by atoms with E-state index in [0.717, 1.165) is 24.0 Å². The summed E-state index contributed by atoms with van der Waals surface area (Å²) < 4.78 is 10.6. The van der Waals surface area contributed by atoms with Gasteiger partial charge >= 0.3 is 5.97 Å². The molecule has 0 atom stereocenters. The Hall–Kier alpha value is -1.71. The van der Waals surface area contributed by atoms with Crippen molar-refractivity contribution in [2.75, 3.05) is 14.2 Å². The van der Waals surface area contributed by atoms with Crippen LogP contribution in [0.25, 0.3) is 0 Å². The Labute approximate surface area is 113 Å². The van der Waals surface area contributed by atoms with Crippen molar-refractivity contribution in [2.45, 2.75) is 38.0 Å². The lowest BCUT2D eigenvalue weighted by atomic mass is 9.76. The third-order valence-corrected chi connectivity index (χ3v) is 4.17. The normalized spacial score (nSPS) is 17.2. The second-order valence-electron chi connectivity index (χ2n) is 5.10. The van der Waals surface area contributed by atoms with Crippen molar-refractivity contribution in [3.8, 4) is 11.5 Å². The first kappa shape index (κ1) is 13.7. The van der Waals surface area contributed by atoms with Crippen LogP contribution in [-0.4, -0.2) is 25.3 Å². The minimum absolute atomic E-state index is 0.643. The van der Waals surface area contributed by atoms with Crippen LogP contribution in [-0.2, 0) is 10.2 Å². The summed E-state index contributed by atoms with van der Waals surface area (Å²) in [5.41, 5.74) is 0.938. The summed E-state index contributed by atoms with van der Waals surface area (Å²) >= 11 is 0. The van der Waals surface area contributed by atoms with E-state index < -0.39 is 11.4 Å². The lowest BCUT2D eigenvalue weighted by Gasteiger charge is -2.27. The molecule has 0 unspecified atom stereocenters. The summed E-state index contributed by atoms with van der Waals surface area (Å²) in [4.78, 5) is 11.8. The molecule has 1 aliphatic carbocycles. The standard InChI is InChI=1S/C15H20O4/c1-10-12(8-11(18-2)9-13(10)19-3)15(14(16)17)6-4-5-7-15/h8-9H,4-7H2,1-3H3,(H,16,17). The van der Waals surface area contributed by atoms with Gasteiger partial charge in [-0.05, 0) is 37.0 Å². The van der Waals surface area contributed by atoms with Crippen LogP contribution >= 0.6 is 0 Å². The van der Waals surface area contributed by atoms with Crippen LogP contribution in [0.2, 0.25) is 0 Å². The van der Waals surface area contributed by atoms with Crippen LogP contribution in [0.3, 0.4) is 0 Å². The smallest absolute Gasteiger partial charge is 0.314 e. The van der Waals surface area contributed by atoms with Crippen LogP contribution in [0, 0.1) is 6.92 Å². The van der Waals surface area contributed by atoms with Gasteiger partial charge in [0.1, 0.15) is 11.5 Å². The van der Waals surface area contributed by atoms with Gasteiger partial charge in [0.15, 0.2) is 0 Å². The molecule has 0 amide bonds. The first-order chi connectivity index (χ1) is 9.05. The zero-order valence-corrected chi connectivity index (χ0v) is 11.7. The number of rotatable bonds is 4. The van der Waals surface area contributed by atoms with Crippen LogP contribution in [0.15, 0.2) is 12.1 Å². The van der Waals surface area contributed by atoms with Crippen LogP contribution in [0.5, 0.6) is 11.5 Å². The largest absolute Gasteiger partial charge is 0.497 e. The van der Waals surface area contributed by atoms with Crippen LogP contribution in [0.4, 0.5) is 0 Å². The number of aliphatic carboxylic acids is 1. The summed E-state index contributed by atoms with van der Waals surface area (Å²) in [6.07, 6.45) is 3.26. The maximum Gasteiger partial charge on any atom is 0.314 e. The van der Waals surface area contributed by atoms with E-state index in [9.17, 15) is 9.90 Å². The molecule has 104 valence electrons. The third-order valence-electron chi connectivity index (χ3n) is 4.17. The second-order valence-corrected chi connectivity index (χ2v) is 5.10. The molecular formula is C15H20O4. The molecule has 0 aliphatic heterocycles. The molecule has 1 N–H and O–H groups in total. The monoisotopic (exact) mass is 264 g/mol. The molecule has 0 bridgehead atoms. The van der Waals surface area contributed by atoms with Crippen molar-refractivity contribution >= 4 is 5.97 Å². The van der Waals surface area contributed by atoms with E-state index in [2.05, 4.69) is 0 Å². The van der Waals surface area contributed by atoms with Gasteiger partial charge in [0, 0.05) is 6.07 Å². The first-order valence-corrected chi connectivity index (χ1v) is 6.51. The molecule has 0 radical (unpaired) electrons. The SMILES string of the molecule is COc1cc(OC)c(C)c(C2(C(=O)O)CCCC2)c1. The highest BCUT2D eigenvalue weighted by Gasteiger charge is 2.44. The molecule has 0 saturated heterocycles. The van der Waals surface area contributed by atoms with Crippen molar-refractivity contribution in [1.29, 1.82) is 0 Å². The molecule has 1 aromatic rings. The van der Waals surface area contributed by atoms with E-state index in [0.29, 0.717) is 24.3 Å². The molecular weight excluding hydrogens is 244 g/mol. The van der Waals surface area contributed by atoms with Gasteiger partial charge in [-0.15, -0.1) is 0 Å². The third kappa shape index (κ3) is 2.15. The Morgan fingerprint density at radius 2 is 1.84 bits per heavy atom. The van der Waals surface area contributed by atoms with Gasteiger partial charge in [-0.3, -0.25) is 4.79 Å². The number of methoxy groups -OCH3 is 2. The summed E-state index contributed by atoms with van der Waals surface area (Å²) in [5, 5.41) is 9.69. The van der Waals surface area contributed by atoms with E-state index in [1.54, 1.807) is 20.3 Å². The molecule has 4 heteroatoms. The molecule has 19 heavy (non-hydrogen) atoms. The zero-order chi connectivity index (χ0) is 14.0. The molecule has 1 saturated carbocycles. The maximum absolute atomic E-state index is 11.8. The average molecular weight is 264 g/mol. The fraction of sp³-hybridized carbons (Fsp3) is 0.533. The second kappa shape index (κ2) is 5.11. The van der Waals surface area contributed by atoms with Crippen molar-refractivity contribution in [2.24, 2.45) is 0 Å². The van der Waals surface area contributed by atoms with E-state index in [1.807, 2.05) is 13.0 Å². The van der Waals surface area contributed by atoms with Crippen molar-refractivity contribution in [3.63, 3.8) is 0 Å². The molecule has 1 aromatic carbocycles. The summed E-state index contributed by atoms with van der Waals surface area (Å²) in [6.45, 7) is 1.91. The van der Waals surface area contributed by atoms with Gasteiger partial charge in [-0.25, -0.2) is 0 Å². The molecule has 0 aromatic heterocycles. The van der Waals surface area contributed by atoms with Gasteiger partial charge in [0.2, 0.25) is 0 Å². The van der Waals surface area contributed by atoms with Crippen molar-refractivity contribution < 1.29 is 19.4 Å². The van der Waals surface area contributed by atoms with Gasteiger partial charge in [-0.1, -0.05) is 12.8 Å². The van der Waals surface area contributed by atoms with E-state index in [4.69, 9.17) is 9.47 Å². The van der Waals surface area contributed by atoms with Gasteiger partial charge in [0.05, 0.1) is 19.6 Å². The highest BCUT2D eigenvalue weighted by atomic mass is 16.5. The van der Waals surface area contributed by atoms with Crippen LogP contribution in [0.1, 0.15) is 36.8 Å². The topological polar surface area (TPSA) is 55.8 Å². The number of ether oxygens (including phenoxy) is 2. The highest BCUT2D eigenvalue weighted by Crippen LogP contribution is 2.45. The maximum atomic E-state index is 11.8. The van der Waals surface area contributed by atoms with Crippen LogP contribution < -0.4 is 9.47 Å². The minimum Gasteiger partial charge on any atom is -0.497 e. The zero-order valence-electron chi connectivity index (χ0n) is 11.7. The number of hydrogen-bond acceptors (Lipinski definition) is 3. The lowest BCUT2D eigenvalue weighted by molar-refractivity contribution is -0.143. The number of benzene rings is 1. The first-order valence-electron chi connectivity index (χ1n) is 6.51. The molecule has 2 rings (SSSR count). The Bertz CT molecular complexity index is 487. The summed E-state index contributed by atoms with van der Waals surface area (Å²) in [6, 6.07) is 3.64. The number of carbonyl (C=O) groups is 1. The summed E-state index contributed by atoms with van der Waals surface area (Å²) in [5.74, 6) is 0.579. The molecule has 4 nitrogen and oxygen atoms in total. The Morgan fingerprint density at radius 1 is 1.21 bits per heavy atom. The average Bonchev–Trinajstić information content (AvgIpc) is 2.89. The fourth-order valence-electron chi connectivity index (χ4n) is 3.07. The van der Waals surface area contributed by atoms with Crippen molar-refractivity contribution in [3.05, 3.63) is 23.3 Å². The Morgan fingerprint density at radius 3 is 2.32 bits per heavy atom. The summed E-state index contributed by atoms with van der Waals surface area (Å²) in [7, 11) is 3.17.